The van der Waals surface area contributed by atoms with E-state index in [1.807, 2.05) is 42.5 Å². The summed E-state index contributed by atoms with van der Waals surface area (Å²) in [5.74, 6) is 0.0563. The normalized spacial score (nSPS) is 22.5. The maximum absolute atomic E-state index is 12.7. The van der Waals surface area contributed by atoms with Gasteiger partial charge in [0.25, 0.3) is 0 Å². The van der Waals surface area contributed by atoms with Gasteiger partial charge in [-0.15, -0.1) is 0 Å². The summed E-state index contributed by atoms with van der Waals surface area (Å²) in [5, 5.41) is 11.5. The molecule has 2 aliphatic carbocycles. The molecule has 0 saturated carbocycles. The molecule has 3 nitrogen and oxygen atoms in total. The molecule has 3 rings (SSSR count). The van der Waals surface area contributed by atoms with E-state index >= 15 is 0 Å². The maximum atomic E-state index is 12.7. The highest BCUT2D eigenvalue weighted by molar-refractivity contribution is 6.04. The molecule has 0 heterocycles. The van der Waals surface area contributed by atoms with Crippen LogP contribution in [0.15, 0.2) is 53.6 Å². The number of nitrogens with zero attached hydrogens (tertiary/aromatic N) is 1. The molecule has 0 spiro atoms. The first-order chi connectivity index (χ1) is 10.3. The quantitative estimate of drug-likeness (QED) is 0.833. The molecule has 3 heteroatoms. The zero-order valence-electron chi connectivity index (χ0n) is 12.2. The van der Waals surface area contributed by atoms with Crippen molar-refractivity contribution in [1.29, 1.82) is 0 Å². The molecule has 1 N–H and O–H groups in total. The van der Waals surface area contributed by atoms with Gasteiger partial charge in [0.15, 0.2) is 5.78 Å². The Hall–Kier alpha value is -1.87. The van der Waals surface area contributed by atoms with Crippen molar-refractivity contribution >= 4 is 11.5 Å². The summed E-state index contributed by atoms with van der Waals surface area (Å²) in [6.07, 6.45) is 10.4. The van der Waals surface area contributed by atoms with E-state index in [0.29, 0.717) is 5.69 Å². The molecule has 1 aromatic carbocycles. The molecule has 0 aromatic heterocycles. The monoisotopic (exact) mass is 283 g/mol. The fourth-order valence-electron chi connectivity index (χ4n) is 3.15. The number of ketones is 1. The molecule has 0 bridgehead atoms. The number of Topliss-reactive ketones (excluding diaryl/α,β-unsaturated/α-hetero) is 1. The van der Waals surface area contributed by atoms with Gasteiger partial charge < -0.3 is 0 Å². The summed E-state index contributed by atoms with van der Waals surface area (Å²) in [4.78, 5) is 12.7. The van der Waals surface area contributed by atoms with Crippen molar-refractivity contribution in [3.63, 3.8) is 0 Å². The van der Waals surface area contributed by atoms with Crippen LogP contribution in [-0.4, -0.2) is 17.0 Å². The molecule has 0 saturated heterocycles. The van der Waals surface area contributed by atoms with Gasteiger partial charge in [-0.05, 0) is 43.4 Å². The number of anilines is 1. The summed E-state index contributed by atoms with van der Waals surface area (Å²) < 4.78 is 0. The number of rotatable bonds is 2. The van der Waals surface area contributed by atoms with Gasteiger partial charge in [-0.25, -0.2) is 5.06 Å². The Labute approximate surface area is 125 Å². The van der Waals surface area contributed by atoms with Gasteiger partial charge in [0, 0.05) is 5.57 Å². The molecular formula is C18H21NO2. The van der Waals surface area contributed by atoms with Crippen LogP contribution in [-0.2, 0) is 4.79 Å². The molecular weight excluding hydrogens is 262 g/mol. The van der Waals surface area contributed by atoms with Crippen LogP contribution < -0.4 is 5.06 Å². The van der Waals surface area contributed by atoms with Crippen molar-refractivity contribution in [3.8, 4) is 0 Å². The smallest absolute Gasteiger partial charge is 0.187 e. The number of hydrogen-bond donors (Lipinski definition) is 1. The summed E-state index contributed by atoms with van der Waals surface area (Å²) in [6.45, 7) is 0. The minimum absolute atomic E-state index is 0.0563. The van der Waals surface area contributed by atoms with Crippen molar-refractivity contribution in [2.75, 3.05) is 5.06 Å². The Morgan fingerprint density at radius 2 is 1.71 bits per heavy atom. The van der Waals surface area contributed by atoms with Crippen LogP contribution in [0.5, 0.6) is 0 Å². The predicted molar refractivity (Wildman–Crippen MR) is 83.4 cm³/mol. The van der Waals surface area contributed by atoms with Gasteiger partial charge in [0.1, 0.15) is 6.04 Å². The average Bonchev–Trinajstić information content (AvgIpc) is 2.49. The zero-order valence-corrected chi connectivity index (χ0v) is 12.2. The fourth-order valence-corrected chi connectivity index (χ4v) is 3.15. The largest absolute Gasteiger partial charge is 0.292 e. The van der Waals surface area contributed by atoms with Crippen molar-refractivity contribution in [3.05, 3.63) is 53.6 Å². The van der Waals surface area contributed by atoms with E-state index in [4.69, 9.17) is 0 Å². The lowest BCUT2D eigenvalue weighted by Crippen LogP contribution is -2.40. The van der Waals surface area contributed by atoms with Crippen molar-refractivity contribution < 1.29 is 10.0 Å². The van der Waals surface area contributed by atoms with Crippen molar-refractivity contribution in [2.24, 2.45) is 0 Å². The number of carbonyl (C=O) groups is 1. The van der Waals surface area contributed by atoms with Gasteiger partial charge in [0.05, 0.1) is 5.69 Å². The fraction of sp³-hybridized carbons (Fsp3) is 0.389. The molecule has 1 atom stereocenters. The minimum Gasteiger partial charge on any atom is -0.292 e. The van der Waals surface area contributed by atoms with E-state index in [1.165, 1.54) is 18.4 Å². The minimum atomic E-state index is -0.592. The summed E-state index contributed by atoms with van der Waals surface area (Å²) in [5.41, 5.74) is 2.75. The molecule has 0 radical (unpaired) electrons. The third-order valence-corrected chi connectivity index (χ3v) is 4.34. The first-order valence-electron chi connectivity index (χ1n) is 7.75. The Kier molecular flexibility index (Phi) is 4.20. The molecule has 2 aliphatic rings. The highest BCUT2D eigenvalue weighted by atomic mass is 16.5. The van der Waals surface area contributed by atoms with Gasteiger partial charge in [0.2, 0.25) is 0 Å². The molecule has 1 aromatic rings. The lowest BCUT2D eigenvalue weighted by atomic mass is 9.85. The molecule has 0 aliphatic heterocycles. The van der Waals surface area contributed by atoms with Gasteiger partial charge in [-0.2, -0.15) is 0 Å². The van der Waals surface area contributed by atoms with Crippen LogP contribution in [0.2, 0.25) is 0 Å². The summed E-state index contributed by atoms with van der Waals surface area (Å²) in [7, 11) is 0. The number of benzene rings is 1. The van der Waals surface area contributed by atoms with E-state index in [1.54, 1.807) is 0 Å². The third-order valence-electron chi connectivity index (χ3n) is 4.34. The topological polar surface area (TPSA) is 40.5 Å². The Bertz CT molecular complexity index is 574. The molecule has 1 unspecified atom stereocenters. The summed E-state index contributed by atoms with van der Waals surface area (Å²) in [6, 6.07) is 8.63. The Morgan fingerprint density at radius 1 is 1.00 bits per heavy atom. The van der Waals surface area contributed by atoms with Crippen molar-refractivity contribution in [2.45, 2.75) is 44.6 Å². The van der Waals surface area contributed by atoms with E-state index in [-0.39, 0.29) is 5.78 Å². The summed E-state index contributed by atoms with van der Waals surface area (Å²) >= 11 is 0. The lowest BCUT2D eigenvalue weighted by Gasteiger charge is -2.29. The number of carbonyl (C=O) groups excluding carboxylic acids is 1. The van der Waals surface area contributed by atoms with Gasteiger partial charge in [-0.3, -0.25) is 10.0 Å². The van der Waals surface area contributed by atoms with Crippen LogP contribution in [0.3, 0.4) is 0 Å². The van der Waals surface area contributed by atoms with Gasteiger partial charge >= 0.3 is 0 Å². The van der Waals surface area contributed by atoms with Crippen LogP contribution in [0.1, 0.15) is 38.5 Å². The average molecular weight is 283 g/mol. The molecule has 0 amide bonds. The van der Waals surface area contributed by atoms with Crippen LogP contribution >= 0.6 is 0 Å². The maximum Gasteiger partial charge on any atom is 0.187 e. The second kappa shape index (κ2) is 6.27. The number of allylic oxidation sites excluding steroid dienone is 2. The van der Waals surface area contributed by atoms with Crippen LogP contribution in [0.4, 0.5) is 5.69 Å². The first kappa shape index (κ1) is 14.1. The zero-order chi connectivity index (χ0) is 14.7. The van der Waals surface area contributed by atoms with Crippen LogP contribution in [0.25, 0.3) is 0 Å². The first-order valence-corrected chi connectivity index (χ1v) is 7.75. The van der Waals surface area contributed by atoms with Gasteiger partial charge in [-0.1, -0.05) is 43.2 Å². The highest BCUT2D eigenvalue weighted by Gasteiger charge is 2.30. The number of hydroxylamine groups is 1. The number of hydrogen-bond acceptors (Lipinski definition) is 3. The van der Waals surface area contributed by atoms with E-state index < -0.39 is 6.04 Å². The second-order valence-electron chi connectivity index (χ2n) is 5.77. The standard InChI is InChI=1S/C18H21NO2/c20-18-16-11-7-2-1-4-8-14(16)12-13-17(18)19(21)15-9-5-3-6-10-15/h3,5-6,9-10,12-13,17,21H,1-2,4,7-8,11H2. The second-order valence-corrected chi connectivity index (χ2v) is 5.77. The van der Waals surface area contributed by atoms with E-state index in [2.05, 4.69) is 0 Å². The van der Waals surface area contributed by atoms with Crippen molar-refractivity contribution in [1.82, 2.24) is 0 Å². The molecule has 110 valence electrons. The predicted octanol–water partition coefficient (Wildman–Crippen LogP) is 4.04. The molecule has 0 fully saturated rings. The number of para-hydroxylation sites is 1. The SMILES string of the molecule is O=C1C2=C(C=CC1N(O)c1ccccc1)CCCCCC2. The highest BCUT2D eigenvalue weighted by Crippen LogP contribution is 2.30. The third kappa shape index (κ3) is 2.93. The Morgan fingerprint density at radius 3 is 2.48 bits per heavy atom. The Balaban J connectivity index is 1.84. The van der Waals surface area contributed by atoms with E-state index in [9.17, 15) is 10.0 Å². The lowest BCUT2D eigenvalue weighted by molar-refractivity contribution is -0.117. The molecule has 21 heavy (non-hydrogen) atoms. The van der Waals surface area contributed by atoms with E-state index in [0.717, 1.165) is 36.3 Å². The van der Waals surface area contributed by atoms with Crippen LogP contribution in [0, 0.1) is 0 Å².